The third kappa shape index (κ3) is 3.21. The van der Waals surface area contributed by atoms with E-state index in [1.165, 1.54) is 12.0 Å². The van der Waals surface area contributed by atoms with E-state index in [0.29, 0.717) is 10.8 Å². The lowest BCUT2D eigenvalue weighted by molar-refractivity contribution is 0.253. The largest absolute Gasteiger partial charge is 0.303 e. The number of nitrogens with zero attached hydrogens (tertiary/aromatic N) is 1. The van der Waals surface area contributed by atoms with Crippen LogP contribution in [0.15, 0.2) is 65.6 Å². The molecule has 1 aliphatic carbocycles. The van der Waals surface area contributed by atoms with Gasteiger partial charge >= 0.3 is 0 Å². The first-order valence-electron chi connectivity index (χ1n) is 9.68. The van der Waals surface area contributed by atoms with Crippen molar-refractivity contribution in [2.24, 2.45) is 0 Å². The zero-order valence-electron chi connectivity index (χ0n) is 15.2. The van der Waals surface area contributed by atoms with Crippen molar-refractivity contribution in [2.45, 2.75) is 47.7 Å². The lowest BCUT2D eigenvalue weighted by atomic mass is 9.81. The second kappa shape index (κ2) is 7.16. The highest BCUT2D eigenvalue weighted by atomic mass is 32.2. The Kier molecular flexibility index (Phi) is 4.89. The van der Waals surface area contributed by atoms with Crippen LogP contribution in [-0.4, -0.2) is 37.7 Å². The average Bonchev–Trinajstić information content (AvgIpc) is 3.11. The molecular formula is C22H27NO2S. The molecule has 1 heterocycles. The van der Waals surface area contributed by atoms with E-state index in [1.54, 1.807) is 12.1 Å². The van der Waals surface area contributed by atoms with Gasteiger partial charge in [0.25, 0.3) is 0 Å². The highest BCUT2D eigenvalue weighted by Crippen LogP contribution is 2.45. The fourth-order valence-electron chi connectivity index (χ4n) is 4.47. The minimum absolute atomic E-state index is 0.489. The molecular weight excluding hydrogens is 342 g/mol. The van der Waals surface area contributed by atoms with E-state index in [9.17, 15) is 8.42 Å². The molecule has 0 spiro atoms. The van der Waals surface area contributed by atoms with Crippen LogP contribution in [0.4, 0.5) is 0 Å². The van der Waals surface area contributed by atoms with Crippen molar-refractivity contribution in [1.29, 1.82) is 0 Å². The summed E-state index contributed by atoms with van der Waals surface area (Å²) in [5.74, 6) is 0.583. The summed E-state index contributed by atoms with van der Waals surface area (Å²) < 4.78 is 25.9. The van der Waals surface area contributed by atoms with E-state index in [-0.39, 0.29) is 0 Å². The molecule has 4 heteroatoms. The summed E-state index contributed by atoms with van der Waals surface area (Å²) in [6, 6.07) is 19.7. The molecule has 2 aromatic rings. The quantitative estimate of drug-likeness (QED) is 0.763. The smallest absolute Gasteiger partial charge is 0.184 e. The first-order chi connectivity index (χ1) is 12.6. The molecule has 1 unspecified atom stereocenters. The minimum atomic E-state index is -3.25. The lowest BCUT2D eigenvalue weighted by Gasteiger charge is -2.42. The van der Waals surface area contributed by atoms with Crippen LogP contribution in [0.5, 0.6) is 0 Å². The van der Waals surface area contributed by atoms with Crippen LogP contribution in [0, 0.1) is 0 Å². The van der Waals surface area contributed by atoms with Crippen LogP contribution in [0.2, 0.25) is 0 Å². The molecule has 2 fully saturated rings. The van der Waals surface area contributed by atoms with Crippen LogP contribution in [0.3, 0.4) is 0 Å². The van der Waals surface area contributed by atoms with Crippen LogP contribution >= 0.6 is 0 Å². The van der Waals surface area contributed by atoms with Crippen molar-refractivity contribution < 1.29 is 8.42 Å². The second-order valence-electron chi connectivity index (χ2n) is 7.80. The molecule has 1 atom stereocenters. The first-order valence-corrected chi connectivity index (χ1v) is 11.2. The van der Waals surface area contributed by atoms with E-state index < -0.39 is 14.6 Å². The standard InChI is InChI=1S/C22H27NO2S/c24-26(25,21-10-5-2-6-11-21)22(13-7-14-22)15-17-23-16-12-20(18-23)19-8-3-1-4-9-19/h1-6,8-11,20H,7,12-18H2. The monoisotopic (exact) mass is 369 g/mol. The maximum absolute atomic E-state index is 13.2. The zero-order valence-corrected chi connectivity index (χ0v) is 16.0. The summed E-state index contributed by atoms with van der Waals surface area (Å²) in [6.07, 6.45) is 4.56. The molecule has 1 saturated heterocycles. The molecule has 138 valence electrons. The summed E-state index contributed by atoms with van der Waals surface area (Å²) in [5.41, 5.74) is 1.41. The SMILES string of the molecule is O=S(=O)(c1ccccc1)C1(CCN2CCC(c3ccccc3)C2)CCC1. The molecule has 0 aromatic heterocycles. The fraction of sp³-hybridized carbons (Fsp3) is 0.455. The van der Waals surface area contributed by atoms with Gasteiger partial charge in [-0.15, -0.1) is 0 Å². The molecule has 26 heavy (non-hydrogen) atoms. The predicted molar refractivity (Wildman–Crippen MR) is 105 cm³/mol. The topological polar surface area (TPSA) is 37.4 Å². The van der Waals surface area contributed by atoms with Crippen LogP contribution in [-0.2, 0) is 9.84 Å². The molecule has 4 rings (SSSR count). The average molecular weight is 370 g/mol. The van der Waals surface area contributed by atoms with Crippen molar-refractivity contribution in [3.63, 3.8) is 0 Å². The maximum atomic E-state index is 13.2. The normalized spacial score (nSPS) is 22.8. The Labute approximate surface area is 157 Å². The summed E-state index contributed by atoms with van der Waals surface area (Å²) in [6.45, 7) is 3.00. The van der Waals surface area contributed by atoms with Gasteiger partial charge in [0, 0.05) is 6.54 Å². The number of hydrogen-bond acceptors (Lipinski definition) is 3. The second-order valence-corrected chi connectivity index (χ2v) is 10.1. The Balaban J connectivity index is 1.42. The van der Waals surface area contributed by atoms with Crippen molar-refractivity contribution in [3.8, 4) is 0 Å². The van der Waals surface area contributed by atoms with Gasteiger partial charge in [0.1, 0.15) is 0 Å². The van der Waals surface area contributed by atoms with Crippen LogP contribution in [0.25, 0.3) is 0 Å². The zero-order chi connectivity index (χ0) is 18.0. The van der Waals surface area contributed by atoms with Crippen molar-refractivity contribution >= 4 is 9.84 Å². The molecule has 2 aromatic carbocycles. The number of rotatable bonds is 6. The predicted octanol–water partition coefficient (Wildman–Crippen LogP) is 4.26. The third-order valence-corrected chi connectivity index (χ3v) is 8.96. The number of sulfone groups is 1. The van der Waals surface area contributed by atoms with Crippen LogP contribution < -0.4 is 0 Å². The van der Waals surface area contributed by atoms with E-state index >= 15 is 0 Å². The molecule has 3 nitrogen and oxygen atoms in total. The van der Waals surface area contributed by atoms with E-state index in [4.69, 9.17) is 0 Å². The van der Waals surface area contributed by atoms with E-state index in [0.717, 1.165) is 45.3 Å². The maximum Gasteiger partial charge on any atom is 0.184 e. The number of benzene rings is 2. The lowest BCUT2D eigenvalue weighted by Crippen LogP contribution is -2.47. The molecule has 1 saturated carbocycles. The van der Waals surface area contributed by atoms with Gasteiger partial charge in [0.2, 0.25) is 0 Å². The summed E-state index contributed by atoms with van der Waals surface area (Å²) in [4.78, 5) is 2.95. The van der Waals surface area contributed by atoms with Gasteiger partial charge in [-0.25, -0.2) is 8.42 Å². The van der Waals surface area contributed by atoms with Gasteiger partial charge < -0.3 is 4.90 Å². The number of hydrogen-bond donors (Lipinski definition) is 0. The Bertz CT molecular complexity index is 829. The summed E-state index contributed by atoms with van der Waals surface area (Å²) in [7, 11) is -3.25. The Morgan fingerprint density at radius 2 is 1.62 bits per heavy atom. The molecule has 1 aliphatic heterocycles. The van der Waals surface area contributed by atoms with Crippen molar-refractivity contribution in [1.82, 2.24) is 4.90 Å². The molecule has 0 radical (unpaired) electrons. The van der Waals surface area contributed by atoms with Gasteiger partial charge in [0.05, 0.1) is 9.64 Å². The molecule has 0 N–H and O–H groups in total. The molecule has 2 aliphatic rings. The Morgan fingerprint density at radius 1 is 0.962 bits per heavy atom. The van der Waals surface area contributed by atoms with Gasteiger partial charge in [-0.2, -0.15) is 0 Å². The van der Waals surface area contributed by atoms with E-state index in [1.807, 2.05) is 18.2 Å². The highest BCUT2D eigenvalue weighted by Gasteiger charge is 2.49. The van der Waals surface area contributed by atoms with Crippen molar-refractivity contribution in [3.05, 3.63) is 66.2 Å². The van der Waals surface area contributed by atoms with Gasteiger partial charge in [-0.05, 0) is 62.4 Å². The first kappa shape index (κ1) is 17.7. The minimum Gasteiger partial charge on any atom is -0.303 e. The summed E-state index contributed by atoms with van der Waals surface area (Å²) >= 11 is 0. The fourth-order valence-corrected chi connectivity index (χ4v) is 6.67. The van der Waals surface area contributed by atoms with E-state index in [2.05, 4.69) is 35.2 Å². The Hall–Kier alpha value is -1.65. The number of likely N-dealkylation sites (tertiary alicyclic amines) is 1. The van der Waals surface area contributed by atoms with Crippen molar-refractivity contribution in [2.75, 3.05) is 19.6 Å². The van der Waals surface area contributed by atoms with Gasteiger partial charge in [-0.1, -0.05) is 55.0 Å². The third-order valence-electron chi connectivity index (χ3n) is 6.32. The summed E-state index contributed by atoms with van der Waals surface area (Å²) in [5, 5.41) is 0. The molecule has 0 bridgehead atoms. The van der Waals surface area contributed by atoms with Gasteiger partial charge in [0.15, 0.2) is 9.84 Å². The Morgan fingerprint density at radius 3 is 2.23 bits per heavy atom. The molecule has 0 amide bonds. The van der Waals surface area contributed by atoms with Crippen LogP contribution in [0.1, 0.15) is 43.6 Å². The van der Waals surface area contributed by atoms with Gasteiger partial charge in [-0.3, -0.25) is 0 Å². The highest BCUT2D eigenvalue weighted by molar-refractivity contribution is 7.93.